The van der Waals surface area contributed by atoms with Crippen LogP contribution in [0.5, 0.6) is 0 Å². The summed E-state index contributed by atoms with van der Waals surface area (Å²) in [5.41, 5.74) is 0.589. The van der Waals surface area contributed by atoms with Gasteiger partial charge in [0.1, 0.15) is 5.82 Å². The zero-order chi connectivity index (χ0) is 22.9. The number of piperidine rings is 1. The van der Waals surface area contributed by atoms with Crippen LogP contribution in [-0.4, -0.2) is 70.2 Å². The molecule has 32 heavy (non-hydrogen) atoms. The van der Waals surface area contributed by atoms with E-state index in [2.05, 4.69) is 15.3 Å². The van der Waals surface area contributed by atoms with Crippen molar-refractivity contribution >= 4 is 23.3 Å². The second kappa shape index (κ2) is 9.21. The molecule has 0 saturated carbocycles. The van der Waals surface area contributed by atoms with Crippen LogP contribution in [0.2, 0.25) is 5.02 Å². The summed E-state index contributed by atoms with van der Waals surface area (Å²) in [6.07, 6.45) is -2.86. The van der Waals surface area contributed by atoms with Crippen molar-refractivity contribution in [3.05, 3.63) is 52.9 Å². The number of carbonyl (C=O) groups excluding carboxylic acids is 1. The Balaban J connectivity index is 1.31. The fourth-order valence-corrected chi connectivity index (χ4v) is 4.25. The van der Waals surface area contributed by atoms with E-state index in [0.717, 1.165) is 6.20 Å². The van der Waals surface area contributed by atoms with Crippen LogP contribution in [0.4, 0.5) is 19.0 Å². The molecule has 2 N–H and O–H groups in total. The van der Waals surface area contributed by atoms with E-state index >= 15 is 0 Å². The molecular formula is C21H23ClF3N5O2. The zero-order valence-corrected chi connectivity index (χ0v) is 17.9. The first-order valence-corrected chi connectivity index (χ1v) is 10.7. The van der Waals surface area contributed by atoms with Gasteiger partial charge >= 0.3 is 6.18 Å². The van der Waals surface area contributed by atoms with Crippen LogP contribution in [0.25, 0.3) is 0 Å². The maximum atomic E-state index is 12.9. The minimum atomic E-state index is -4.62. The number of anilines is 1. The Hall–Kier alpha value is -2.43. The normalized spacial score (nSPS) is 22.4. The number of aliphatic hydroxyl groups excluding tert-OH is 1. The molecule has 2 aliphatic rings. The maximum Gasteiger partial charge on any atom is 0.451 e. The van der Waals surface area contributed by atoms with E-state index in [4.69, 9.17) is 11.6 Å². The minimum Gasteiger partial charge on any atom is -0.390 e. The van der Waals surface area contributed by atoms with Gasteiger partial charge in [0.2, 0.25) is 5.82 Å². The van der Waals surface area contributed by atoms with Crippen LogP contribution in [0.15, 0.2) is 36.5 Å². The SMILES string of the molecule is O=C(c1ccc(Cl)cc1)N1CCC(N[C@@H]2CN(c3ccnc(C(F)(F)F)n3)C[C@H]2O)CC1. The summed E-state index contributed by atoms with van der Waals surface area (Å²) in [6, 6.07) is 7.98. The van der Waals surface area contributed by atoms with Gasteiger partial charge in [0.05, 0.1) is 12.1 Å². The number of alkyl halides is 3. The average molecular weight is 470 g/mol. The molecule has 0 unspecified atom stereocenters. The van der Waals surface area contributed by atoms with Gasteiger partial charge in [-0.25, -0.2) is 9.97 Å². The van der Waals surface area contributed by atoms with Crippen LogP contribution >= 0.6 is 11.6 Å². The molecule has 4 rings (SSSR count). The summed E-state index contributed by atoms with van der Waals surface area (Å²) in [7, 11) is 0. The molecule has 0 radical (unpaired) electrons. The number of rotatable bonds is 4. The molecule has 1 aromatic carbocycles. The summed E-state index contributed by atoms with van der Waals surface area (Å²) in [5, 5.41) is 14.4. The molecule has 0 spiro atoms. The van der Waals surface area contributed by atoms with Crippen molar-refractivity contribution in [2.45, 2.75) is 37.2 Å². The average Bonchev–Trinajstić information content (AvgIpc) is 3.14. The number of hydrogen-bond donors (Lipinski definition) is 2. The zero-order valence-electron chi connectivity index (χ0n) is 17.1. The molecule has 2 aliphatic heterocycles. The van der Waals surface area contributed by atoms with Crippen molar-refractivity contribution in [3.63, 3.8) is 0 Å². The first-order valence-electron chi connectivity index (χ1n) is 10.3. The van der Waals surface area contributed by atoms with Gasteiger partial charge in [-0.05, 0) is 43.2 Å². The van der Waals surface area contributed by atoms with E-state index in [-0.39, 0.29) is 30.4 Å². The molecule has 2 atom stereocenters. The lowest BCUT2D eigenvalue weighted by atomic mass is 10.0. The predicted molar refractivity (Wildman–Crippen MR) is 113 cm³/mol. The number of carbonyl (C=O) groups is 1. The molecule has 1 amide bonds. The first-order chi connectivity index (χ1) is 15.2. The van der Waals surface area contributed by atoms with Crippen molar-refractivity contribution in [2.24, 2.45) is 0 Å². The first kappa shape index (κ1) is 22.8. The number of hydrogen-bond acceptors (Lipinski definition) is 6. The van der Waals surface area contributed by atoms with Crippen LogP contribution in [-0.2, 0) is 6.18 Å². The standard InChI is InChI=1S/C21H23ClF3N5O2/c22-14-3-1-13(2-4-14)19(32)29-9-6-15(7-10-29)27-16-11-30(12-17(16)31)18-5-8-26-20(28-18)21(23,24)25/h1-5,8,15-17,27,31H,6-7,9-12H2/t16-,17-/m1/s1. The Labute approximate surface area is 188 Å². The van der Waals surface area contributed by atoms with Crippen molar-refractivity contribution < 1.29 is 23.1 Å². The fraction of sp³-hybridized carbons (Fsp3) is 0.476. The highest BCUT2D eigenvalue weighted by Gasteiger charge is 2.38. The second-order valence-electron chi connectivity index (χ2n) is 8.06. The van der Waals surface area contributed by atoms with Gasteiger partial charge in [0, 0.05) is 49.0 Å². The smallest absolute Gasteiger partial charge is 0.390 e. The third kappa shape index (κ3) is 5.13. The van der Waals surface area contributed by atoms with Crippen molar-refractivity contribution in [1.82, 2.24) is 20.2 Å². The highest BCUT2D eigenvalue weighted by molar-refractivity contribution is 6.30. The number of nitrogens with zero attached hydrogens (tertiary/aromatic N) is 4. The second-order valence-corrected chi connectivity index (χ2v) is 8.49. The van der Waals surface area contributed by atoms with Crippen molar-refractivity contribution in [2.75, 3.05) is 31.1 Å². The molecule has 3 heterocycles. The molecule has 2 fully saturated rings. The Morgan fingerprint density at radius 3 is 2.47 bits per heavy atom. The number of aliphatic hydroxyl groups is 1. The molecule has 0 bridgehead atoms. The van der Waals surface area contributed by atoms with Crippen LogP contribution in [0.3, 0.4) is 0 Å². The Morgan fingerprint density at radius 2 is 1.81 bits per heavy atom. The van der Waals surface area contributed by atoms with Gasteiger partial charge in [-0.15, -0.1) is 0 Å². The van der Waals surface area contributed by atoms with Gasteiger partial charge in [-0.1, -0.05) is 11.6 Å². The van der Waals surface area contributed by atoms with Gasteiger partial charge in [0.25, 0.3) is 5.91 Å². The van der Waals surface area contributed by atoms with Crippen LogP contribution in [0.1, 0.15) is 29.0 Å². The number of β-amino-alcohol motifs (C(OH)–C–C–N with tert-alkyl or cyclic N) is 1. The quantitative estimate of drug-likeness (QED) is 0.716. The lowest BCUT2D eigenvalue weighted by Crippen LogP contribution is -2.50. The molecular weight excluding hydrogens is 447 g/mol. The summed E-state index contributed by atoms with van der Waals surface area (Å²) >= 11 is 5.88. The third-order valence-electron chi connectivity index (χ3n) is 5.83. The predicted octanol–water partition coefficient (Wildman–Crippen LogP) is 2.59. The van der Waals surface area contributed by atoms with E-state index < -0.39 is 18.1 Å². The highest BCUT2D eigenvalue weighted by Crippen LogP contribution is 2.28. The fourth-order valence-electron chi connectivity index (χ4n) is 4.13. The van der Waals surface area contributed by atoms with E-state index in [1.807, 2.05) is 0 Å². The Kier molecular flexibility index (Phi) is 6.55. The van der Waals surface area contributed by atoms with Crippen molar-refractivity contribution in [3.8, 4) is 0 Å². The van der Waals surface area contributed by atoms with E-state index in [9.17, 15) is 23.1 Å². The monoisotopic (exact) mass is 469 g/mol. The third-order valence-corrected chi connectivity index (χ3v) is 6.08. The van der Waals surface area contributed by atoms with Crippen molar-refractivity contribution in [1.29, 1.82) is 0 Å². The lowest BCUT2D eigenvalue weighted by molar-refractivity contribution is -0.144. The van der Waals surface area contributed by atoms with Gasteiger partial charge in [-0.3, -0.25) is 4.79 Å². The summed E-state index contributed by atoms with van der Waals surface area (Å²) in [4.78, 5) is 22.9. The molecule has 0 aliphatic carbocycles. The largest absolute Gasteiger partial charge is 0.451 e. The van der Waals surface area contributed by atoms with Gasteiger partial charge in [-0.2, -0.15) is 13.2 Å². The Morgan fingerprint density at radius 1 is 1.12 bits per heavy atom. The summed E-state index contributed by atoms with van der Waals surface area (Å²) in [5.74, 6) is -1.10. The Bertz CT molecular complexity index is 951. The van der Waals surface area contributed by atoms with E-state index in [1.54, 1.807) is 34.1 Å². The van der Waals surface area contributed by atoms with Gasteiger partial charge in [0.15, 0.2) is 0 Å². The topological polar surface area (TPSA) is 81.6 Å². The molecule has 2 saturated heterocycles. The molecule has 2 aromatic rings. The van der Waals surface area contributed by atoms with Crippen LogP contribution < -0.4 is 10.2 Å². The number of benzene rings is 1. The number of halogens is 4. The number of likely N-dealkylation sites (tertiary alicyclic amines) is 1. The summed E-state index contributed by atoms with van der Waals surface area (Å²) < 4.78 is 38.7. The van der Waals surface area contributed by atoms with E-state index in [1.165, 1.54) is 6.07 Å². The molecule has 1 aromatic heterocycles. The number of amides is 1. The highest BCUT2D eigenvalue weighted by atomic mass is 35.5. The van der Waals surface area contributed by atoms with Crippen LogP contribution in [0, 0.1) is 0 Å². The van der Waals surface area contributed by atoms with Gasteiger partial charge < -0.3 is 20.2 Å². The molecule has 7 nitrogen and oxygen atoms in total. The maximum absolute atomic E-state index is 12.9. The minimum absolute atomic E-state index is 0.0450. The molecule has 11 heteroatoms. The molecule has 172 valence electrons. The lowest BCUT2D eigenvalue weighted by Gasteiger charge is -2.34. The van der Waals surface area contributed by atoms with E-state index in [0.29, 0.717) is 43.1 Å². The number of aromatic nitrogens is 2. The summed E-state index contributed by atoms with van der Waals surface area (Å²) in [6.45, 7) is 1.66. The number of nitrogens with one attached hydrogen (secondary N) is 1.